The summed E-state index contributed by atoms with van der Waals surface area (Å²) in [5.41, 5.74) is 7.73. The lowest BCUT2D eigenvalue weighted by atomic mass is 10.1. The summed E-state index contributed by atoms with van der Waals surface area (Å²) in [6, 6.07) is 5.36. The number of nitrogens with two attached hydrogens (primary N) is 1. The van der Waals surface area contributed by atoms with Crippen LogP contribution in [0.2, 0.25) is 0 Å². The SMILES string of the molecule is CCOC(CNC(=O)c1cc(C)ccc1N)OCC. The van der Waals surface area contributed by atoms with Crippen LogP contribution in [0.25, 0.3) is 0 Å². The minimum Gasteiger partial charge on any atom is -0.398 e. The number of carbonyl (C=O) groups is 1. The second-order valence-electron chi connectivity index (χ2n) is 4.14. The molecule has 0 spiro atoms. The lowest BCUT2D eigenvalue weighted by molar-refractivity contribution is -0.131. The summed E-state index contributed by atoms with van der Waals surface area (Å²) in [5.74, 6) is -0.217. The van der Waals surface area contributed by atoms with E-state index in [-0.39, 0.29) is 5.91 Å². The second-order valence-corrected chi connectivity index (χ2v) is 4.14. The zero-order valence-corrected chi connectivity index (χ0v) is 11.7. The molecule has 0 aliphatic heterocycles. The summed E-state index contributed by atoms with van der Waals surface area (Å²) < 4.78 is 10.7. The van der Waals surface area contributed by atoms with Gasteiger partial charge in [-0.3, -0.25) is 4.79 Å². The molecule has 0 aliphatic carbocycles. The molecule has 0 heterocycles. The van der Waals surface area contributed by atoms with E-state index in [0.717, 1.165) is 5.56 Å². The molecule has 0 saturated heterocycles. The molecule has 5 heteroatoms. The first-order valence-electron chi connectivity index (χ1n) is 6.46. The van der Waals surface area contributed by atoms with Gasteiger partial charge in [-0.15, -0.1) is 0 Å². The van der Waals surface area contributed by atoms with Crippen LogP contribution < -0.4 is 11.1 Å². The van der Waals surface area contributed by atoms with Gasteiger partial charge in [0, 0.05) is 18.9 Å². The summed E-state index contributed by atoms with van der Waals surface area (Å²) >= 11 is 0. The van der Waals surface area contributed by atoms with Crippen LogP contribution in [0.3, 0.4) is 0 Å². The summed E-state index contributed by atoms with van der Waals surface area (Å²) in [4.78, 5) is 12.0. The number of anilines is 1. The number of ether oxygens (including phenoxy) is 2. The number of hydrogen-bond acceptors (Lipinski definition) is 4. The normalized spacial score (nSPS) is 10.7. The Bertz CT molecular complexity index is 415. The fraction of sp³-hybridized carbons (Fsp3) is 0.500. The topological polar surface area (TPSA) is 73.6 Å². The van der Waals surface area contributed by atoms with Gasteiger partial charge in [-0.2, -0.15) is 0 Å². The van der Waals surface area contributed by atoms with E-state index in [0.29, 0.717) is 31.0 Å². The molecule has 1 aromatic carbocycles. The molecule has 0 unspecified atom stereocenters. The van der Waals surface area contributed by atoms with Gasteiger partial charge in [0.05, 0.1) is 12.1 Å². The molecule has 0 aliphatic rings. The van der Waals surface area contributed by atoms with E-state index in [1.807, 2.05) is 26.8 Å². The van der Waals surface area contributed by atoms with Crippen LogP contribution in [0.1, 0.15) is 29.8 Å². The maximum atomic E-state index is 12.0. The standard InChI is InChI=1S/C14H22N2O3/c1-4-18-13(19-5-2)9-16-14(17)11-8-10(3)6-7-12(11)15/h6-8,13H,4-5,9,15H2,1-3H3,(H,16,17). The molecule has 106 valence electrons. The number of hydrogen-bond donors (Lipinski definition) is 2. The van der Waals surface area contributed by atoms with Crippen molar-refractivity contribution < 1.29 is 14.3 Å². The lowest BCUT2D eigenvalue weighted by Gasteiger charge is -2.17. The number of nitrogens with one attached hydrogen (secondary N) is 1. The average molecular weight is 266 g/mol. The number of aryl methyl sites for hydroxylation is 1. The third-order valence-corrected chi connectivity index (χ3v) is 2.59. The van der Waals surface area contributed by atoms with Crippen molar-refractivity contribution in [3.63, 3.8) is 0 Å². The van der Waals surface area contributed by atoms with Gasteiger partial charge in [-0.1, -0.05) is 11.6 Å². The predicted octanol–water partition coefficient (Wildman–Crippen LogP) is 1.71. The van der Waals surface area contributed by atoms with Gasteiger partial charge in [0.1, 0.15) is 0 Å². The summed E-state index contributed by atoms with van der Waals surface area (Å²) in [7, 11) is 0. The number of benzene rings is 1. The smallest absolute Gasteiger partial charge is 0.253 e. The first-order chi connectivity index (χ1) is 9.08. The Hall–Kier alpha value is -1.59. The molecule has 0 fully saturated rings. The van der Waals surface area contributed by atoms with E-state index in [4.69, 9.17) is 15.2 Å². The predicted molar refractivity (Wildman–Crippen MR) is 75.0 cm³/mol. The Morgan fingerprint density at radius 2 is 1.95 bits per heavy atom. The Balaban J connectivity index is 2.61. The Kier molecular flexibility index (Phi) is 6.32. The second kappa shape index (κ2) is 7.76. The fourth-order valence-corrected chi connectivity index (χ4v) is 1.68. The summed E-state index contributed by atoms with van der Waals surface area (Å²) in [6.45, 7) is 7.05. The number of rotatable bonds is 7. The molecule has 0 bridgehead atoms. The number of amides is 1. The molecule has 0 aromatic heterocycles. The van der Waals surface area contributed by atoms with Crippen molar-refractivity contribution in [1.29, 1.82) is 0 Å². The van der Waals surface area contributed by atoms with E-state index >= 15 is 0 Å². The highest BCUT2D eigenvalue weighted by Crippen LogP contribution is 2.13. The fourth-order valence-electron chi connectivity index (χ4n) is 1.68. The van der Waals surface area contributed by atoms with Gasteiger partial charge in [0.2, 0.25) is 0 Å². The molecule has 0 saturated carbocycles. The van der Waals surface area contributed by atoms with Crippen LogP contribution >= 0.6 is 0 Å². The number of carbonyl (C=O) groups excluding carboxylic acids is 1. The molecule has 0 atom stereocenters. The minimum absolute atomic E-state index is 0.217. The van der Waals surface area contributed by atoms with E-state index in [1.165, 1.54) is 0 Å². The maximum Gasteiger partial charge on any atom is 0.253 e. The molecule has 1 aromatic rings. The van der Waals surface area contributed by atoms with Crippen LogP contribution in [0.4, 0.5) is 5.69 Å². The van der Waals surface area contributed by atoms with Crippen molar-refractivity contribution in [1.82, 2.24) is 5.32 Å². The molecule has 0 radical (unpaired) electrons. The van der Waals surface area contributed by atoms with Crippen molar-refractivity contribution in [3.05, 3.63) is 29.3 Å². The summed E-state index contributed by atoms with van der Waals surface area (Å²) in [5, 5.41) is 2.77. The van der Waals surface area contributed by atoms with Gasteiger partial charge >= 0.3 is 0 Å². The van der Waals surface area contributed by atoms with Crippen molar-refractivity contribution in [2.75, 3.05) is 25.5 Å². The highest BCUT2D eigenvalue weighted by atomic mass is 16.7. The van der Waals surface area contributed by atoms with Crippen molar-refractivity contribution in [2.24, 2.45) is 0 Å². The third-order valence-electron chi connectivity index (χ3n) is 2.59. The van der Waals surface area contributed by atoms with Crippen molar-refractivity contribution >= 4 is 11.6 Å². The van der Waals surface area contributed by atoms with E-state index in [2.05, 4.69) is 5.32 Å². The molecule has 19 heavy (non-hydrogen) atoms. The zero-order chi connectivity index (χ0) is 14.3. The third kappa shape index (κ3) is 4.89. The van der Waals surface area contributed by atoms with Gasteiger partial charge in [0.25, 0.3) is 5.91 Å². The molecule has 3 N–H and O–H groups in total. The van der Waals surface area contributed by atoms with Crippen LogP contribution in [0.15, 0.2) is 18.2 Å². The van der Waals surface area contributed by atoms with Gasteiger partial charge in [-0.25, -0.2) is 0 Å². The first-order valence-corrected chi connectivity index (χ1v) is 6.46. The largest absolute Gasteiger partial charge is 0.398 e. The highest BCUT2D eigenvalue weighted by molar-refractivity contribution is 5.99. The summed E-state index contributed by atoms with van der Waals surface area (Å²) in [6.07, 6.45) is -0.426. The average Bonchev–Trinajstić information content (AvgIpc) is 2.39. The lowest BCUT2D eigenvalue weighted by Crippen LogP contribution is -2.35. The van der Waals surface area contributed by atoms with Crippen LogP contribution in [-0.4, -0.2) is 32.0 Å². The van der Waals surface area contributed by atoms with Crippen LogP contribution in [-0.2, 0) is 9.47 Å². The molecule has 1 rings (SSSR count). The maximum absolute atomic E-state index is 12.0. The van der Waals surface area contributed by atoms with E-state index in [1.54, 1.807) is 12.1 Å². The van der Waals surface area contributed by atoms with Crippen LogP contribution in [0.5, 0.6) is 0 Å². The first kappa shape index (κ1) is 15.5. The monoisotopic (exact) mass is 266 g/mol. The molecular formula is C14H22N2O3. The van der Waals surface area contributed by atoms with E-state index in [9.17, 15) is 4.79 Å². The molecule has 5 nitrogen and oxygen atoms in total. The van der Waals surface area contributed by atoms with Gasteiger partial charge < -0.3 is 20.5 Å². The van der Waals surface area contributed by atoms with Crippen LogP contribution in [0, 0.1) is 6.92 Å². The number of nitrogen functional groups attached to an aromatic ring is 1. The molecular weight excluding hydrogens is 244 g/mol. The Morgan fingerprint density at radius 3 is 2.53 bits per heavy atom. The highest BCUT2D eigenvalue weighted by Gasteiger charge is 2.13. The molecule has 1 amide bonds. The van der Waals surface area contributed by atoms with Gasteiger partial charge in [-0.05, 0) is 32.9 Å². The minimum atomic E-state index is -0.426. The van der Waals surface area contributed by atoms with Crippen molar-refractivity contribution in [2.45, 2.75) is 27.1 Å². The van der Waals surface area contributed by atoms with Gasteiger partial charge in [0.15, 0.2) is 6.29 Å². The Morgan fingerprint density at radius 1 is 1.32 bits per heavy atom. The quantitative estimate of drug-likeness (QED) is 0.582. The Labute approximate surface area is 114 Å². The van der Waals surface area contributed by atoms with Crippen molar-refractivity contribution in [3.8, 4) is 0 Å². The zero-order valence-electron chi connectivity index (χ0n) is 11.7. The van der Waals surface area contributed by atoms with E-state index < -0.39 is 6.29 Å².